The van der Waals surface area contributed by atoms with Gasteiger partial charge in [-0.25, -0.2) is 0 Å². The highest BCUT2D eigenvalue weighted by Gasteiger charge is 2.24. The number of likely N-dealkylation sites (tertiary alicyclic amines) is 1. The van der Waals surface area contributed by atoms with Crippen LogP contribution in [0.2, 0.25) is 5.02 Å². The number of amides is 1. The summed E-state index contributed by atoms with van der Waals surface area (Å²) in [6.45, 7) is 1.78. The second-order valence-electron chi connectivity index (χ2n) is 7.43. The Hall–Kier alpha value is -2.87. The highest BCUT2D eigenvalue weighted by atomic mass is 35.5. The lowest BCUT2D eigenvalue weighted by Gasteiger charge is -2.19. The van der Waals surface area contributed by atoms with Crippen LogP contribution in [0.4, 0.5) is 5.69 Å². The van der Waals surface area contributed by atoms with Gasteiger partial charge in [-0.1, -0.05) is 29.8 Å². The first-order valence-electron chi connectivity index (χ1n) is 9.72. The van der Waals surface area contributed by atoms with Crippen LogP contribution in [0.25, 0.3) is 11.1 Å². The van der Waals surface area contributed by atoms with E-state index in [1.807, 2.05) is 12.1 Å². The van der Waals surface area contributed by atoms with Crippen LogP contribution >= 0.6 is 11.6 Å². The number of hydrogen-bond donors (Lipinski definition) is 3. The molecule has 1 aliphatic rings. The molecule has 2 atom stereocenters. The molecule has 0 radical (unpaired) electrons. The Morgan fingerprint density at radius 2 is 2.10 bits per heavy atom. The number of carbonyl (C=O) groups excluding carboxylic acids is 1. The average molecular weight is 427 g/mol. The minimum Gasteiger partial charge on any atom is -0.487 e. The third kappa shape index (κ3) is 4.64. The van der Waals surface area contributed by atoms with E-state index in [2.05, 4.69) is 27.5 Å². The molecule has 3 N–H and O–H groups in total. The van der Waals surface area contributed by atoms with Crippen molar-refractivity contribution in [1.82, 2.24) is 15.1 Å². The van der Waals surface area contributed by atoms with Crippen molar-refractivity contribution in [2.45, 2.75) is 18.6 Å². The number of anilines is 1. The molecule has 156 valence electrons. The summed E-state index contributed by atoms with van der Waals surface area (Å²) in [6, 6.07) is 12.1. The molecule has 7 nitrogen and oxygen atoms in total. The van der Waals surface area contributed by atoms with E-state index in [1.165, 1.54) is 0 Å². The number of aromatic nitrogens is 2. The number of carbonyl (C=O) groups is 1. The maximum Gasteiger partial charge on any atom is 0.257 e. The predicted octanol–water partition coefficient (Wildman–Crippen LogP) is 3.49. The quantitative estimate of drug-likeness (QED) is 0.561. The minimum absolute atomic E-state index is 0.0337. The number of H-pyrrole nitrogens is 1. The summed E-state index contributed by atoms with van der Waals surface area (Å²) >= 11 is 5.89. The van der Waals surface area contributed by atoms with Crippen molar-refractivity contribution < 1.29 is 14.6 Å². The fourth-order valence-electron chi connectivity index (χ4n) is 3.48. The van der Waals surface area contributed by atoms with Crippen LogP contribution in [0.5, 0.6) is 5.75 Å². The fourth-order valence-corrected chi connectivity index (χ4v) is 3.61. The van der Waals surface area contributed by atoms with E-state index in [0.29, 0.717) is 22.0 Å². The van der Waals surface area contributed by atoms with Crippen LogP contribution in [0, 0.1) is 0 Å². The van der Waals surface area contributed by atoms with E-state index in [9.17, 15) is 9.90 Å². The predicted molar refractivity (Wildman–Crippen MR) is 116 cm³/mol. The van der Waals surface area contributed by atoms with Gasteiger partial charge in [0.1, 0.15) is 11.9 Å². The molecule has 2 aromatic carbocycles. The Bertz CT molecular complexity index is 1010. The van der Waals surface area contributed by atoms with Gasteiger partial charge in [0.2, 0.25) is 0 Å². The first-order chi connectivity index (χ1) is 14.5. The zero-order chi connectivity index (χ0) is 21.1. The zero-order valence-electron chi connectivity index (χ0n) is 16.5. The highest BCUT2D eigenvalue weighted by molar-refractivity contribution is 6.30. The van der Waals surface area contributed by atoms with Crippen molar-refractivity contribution in [2.24, 2.45) is 0 Å². The minimum atomic E-state index is -1.32. The van der Waals surface area contributed by atoms with Crippen molar-refractivity contribution in [3.8, 4) is 16.9 Å². The molecular formula is C22H23ClN4O3. The summed E-state index contributed by atoms with van der Waals surface area (Å²) in [7, 11) is 2.05. The molecule has 0 spiro atoms. The van der Waals surface area contributed by atoms with Gasteiger partial charge in [0.05, 0.1) is 11.9 Å². The molecule has 8 heteroatoms. The summed E-state index contributed by atoms with van der Waals surface area (Å²) in [5, 5.41) is 20.6. The monoisotopic (exact) mass is 426 g/mol. The molecule has 0 bridgehead atoms. The lowest BCUT2D eigenvalue weighted by atomic mass is 10.1. The van der Waals surface area contributed by atoms with Crippen molar-refractivity contribution in [1.29, 1.82) is 0 Å². The topological polar surface area (TPSA) is 90.5 Å². The van der Waals surface area contributed by atoms with Gasteiger partial charge in [0, 0.05) is 29.9 Å². The third-order valence-corrected chi connectivity index (χ3v) is 5.40. The summed E-state index contributed by atoms with van der Waals surface area (Å²) in [5.74, 6) is 0.0208. The number of benzene rings is 2. The van der Waals surface area contributed by atoms with E-state index in [-0.39, 0.29) is 6.10 Å². The molecule has 1 fully saturated rings. The number of aliphatic hydroxyl groups is 1. The van der Waals surface area contributed by atoms with Gasteiger partial charge in [-0.05, 0) is 48.9 Å². The number of likely N-dealkylation sites (N-methyl/N-ethyl adjacent to an activating group) is 1. The Morgan fingerprint density at radius 3 is 2.77 bits per heavy atom. The summed E-state index contributed by atoms with van der Waals surface area (Å²) in [4.78, 5) is 14.9. The normalized spacial score (nSPS) is 17.6. The molecular weight excluding hydrogens is 404 g/mol. The number of nitrogens with zero attached hydrogens (tertiary/aromatic N) is 2. The zero-order valence-corrected chi connectivity index (χ0v) is 17.3. The number of halogens is 1. The van der Waals surface area contributed by atoms with Gasteiger partial charge >= 0.3 is 0 Å². The van der Waals surface area contributed by atoms with Crippen LogP contribution < -0.4 is 10.1 Å². The summed E-state index contributed by atoms with van der Waals surface area (Å²) in [5.41, 5.74) is 2.81. The Balaban J connectivity index is 1.57. The number of aliphatic hydroxyl groups excluding tert-OH is 1. The van der Waals surface area contributed by atoms with Crippen LogP contribution in [-0.4, -0.2) is 52.4 Å². The molecule has 30 heavy (non-hydrogen) atoms. The molecule has 0 saturated carbocycles. The molecule has 1 saturated heterocycles. The van der Waals surface area contributed by atoms with E-state index in [4.69, 9.17) is 16.3 Å². The number of rotatable bonds is 6. The average Bonchev–Trinajstić information content (AvgIpc) is 3.41. The lowest BCUT2D eigenvalue weighted by molar-refractivity contribution is -0.124. The largest absolute Gasteiger partial charge is 0.487 e. The molecule has 1 aromatic heterocycles. The molecule has 1 amide bonds. The van der Waals surface area contributed by atoms with Crippen molar-refractivity contribution in [3.05, 3.63) is 65.4 Å². The van der Waals surface area contributed by atoms with Gasteiger partial charge in [-0.3, -0.25) is 9.89 Å². The van der Waals surface area contributed by atoms with E-state index in [1.54, 1.807) is 42.7 Å². The number of hydrogen-bond acceptors (Lipinski definition) is 5. The molecule has 4 rings (SSSR count). The summed E-state index contributed by atoms with van der Waals surface area (Å²) < 4.78 is 6.23. The molecule has 1 aliphatic heterocycles. The summed E-state index contributed by atoms with van der Waals surface area (Å²) in [6.07, 6.45) is 3.15. The van der Waals surface area contributed by atoms with Crippen molar-refractivity contribution in [3.63, 3.8) is 0 Å². The SMILES string of the molecule is CN1CCC(Oc2cc(-c3cn[nH]c3)ccc2NC(=O)C(O)c2ccc(Cl)cc2)C1. The smallest absolute Gasteiger partial charge is 0.257 e. The Labute approximate surface area is 179 Å². The Morgan fingerprint density at radius 1 is 1.30 bits per heavy atom. The van der Waals surface area contributed by atoms with Crippen LogP contribution in [-0.2, 0) is 4.79 Å². The maximum absolute atomic E-state index is 12.7. The molecule has 2 heterocycles. The van der Waals surface area contributed by atoms with Crippen molar-refractivity contribution >= 4 is 23.2 Å². The van der Waals surface area contributed by atoms with Crippen LogP contribution in [0.1, 0.15) is 18.1 Å². The highest BCUT2D eigenvalue weighted by Crippen LogP contribution is 2.33. The number of aromatic amines is 1. The van der Waals surface area contributed by atoms with Crippen molar-refractivity contribution in [2.75, 3.05) is 25.5 Å². The van der Waals surface area contributed by atoms with Gasteiger partial charge < -0.3 is 20.1 Å². The van der Waals surface area contributed by atoms with E-state index >= 15 is 0 Å². The van der Waals surface area contributed by atoms with Gasteiger partial charge in [-0.2, -0.15) is 5.10 Å². The van der Waals surface area contributed by atoms with Gasteiger partial charge in [-0.15, -0.1) is 0 Å². The third-order valence-electron chi connectivity index (χ3n) is 5.15. The Kier molecular flexibility index (Phi) is 6.03. The van der Waals surface area contributed by atoms with Gasteiger partial charge in [0.15, 0.2) is 6.10 Å². The van der Waals surface area contributed by atoms with E-state index < -0.39 is 12.0 Å². The van der Waals surface area contributed by atoms with Crippen LogP contribution in [0.15, 0.2) is 54.9 Å². The fraction of sp³-hybridized carbons (Fsp3) is 0.273. The molecule has 3 aromatic rings. The second kappa shape index (κ2) is 8.87. The van der Waals surface area contributed by atoms with E-state index in [0.717, 1.165) is 30.6 Å². The van der Waals surface area contributed by atoms with Gasteiger partial charge in [0.25, 0.3) is 5.91 Å². The first-order valence-corrected chi connectivity index (χ1v) is 10.1. The molecule has 2 unspecified atom stereocenters. The first kappa shape index (κ1) is 20.4. The lowest BCUT2D eigenvalue weighted by Crippen LogP contribution is -2.24. The standard InChI is InChI=1S/C22H23ClN4O3/c1-27-9-8-18(13-27)30-20-10-15(16-11-24-25-12-16)4-7-19(20)26-22(29)21(28)14-2-5-17(23)6-3-14/h2-7,10-12,18,21,28H,8-9,13H2,1H3,(H,24,25)(H,26,29). The molecule has 0 aliphatic carbocycles. The van der Waals surface area contributed by atoms with Crippen LogP contribution in [0.3, 0.4) is 0 Å². The maximum atomic E-state index is 12.7. The number of ether oxygens (including phenoxy) is 1. The second-order valence-corrected chi connectivity index (χ2v) is 7.87. The number of nitrogens with one attached hydrogen (secondary N) is 2.